The molecular weight excluding hydrogens is 268 g/mol. The number of nitrogens with zero attached hydrogens (tertiary/aromatic N) is 2. The van der Waals surface area contributed by atoms with Crippen LogP contribution in [0.3, 0.4) is 0 Å². The number of thiophene rings is 1. The van der Waals surface area contributed by atoms with E-state index in [1.165, 1.54) is 10.4 Å². The molecule has 3 N–H and O–H groups in total. The third-order valence-corrected chi connectivity index (χ3v) is 4.75. The lowest BCUT2D eigenvalue weighted by atomic mass is 10.0. The third kappa shape index (κ3) is 2.18. The largest absolute Gasteiger partial charge is 0.384 e. The first kappa shape index (κ1) is 13.1. The molecule has 2 aromatic heterocycles. The van der Waals surface area contributed by atoms with Gasteiger partial charge in [0, 0.05) is 23.7 Å². The van der Waals surface area contributed by atoms with Crippen molar-refractivity contribution in [2.75, 3.05) is 11.4 Å². The summed E-state index contributed by atoms with van der Waals surface area (Å²) in [6.45, 7) is 5.77. The summed E-state index contributed by atoms with van der Waals surface area (Å²) >= 11 is 1.83. The molecule has 3 rings (SSSR count). The first-order valence-corrected chi connectivity index (χ1v) is 7.57. The molecule has 0 aliphatic carbocycles. The van der Waals surface area contributed by atoms with Crippen LogP contribution in [0.25, 0.3) is 0 Å². The van der Waals surface area contributed by atoms with Crippen molar-refractivity contribution in [2.45, 2.75) is 26.8 Å². The van der Waals surface area contributed by atoms with Gasteiger partial charge in [-0.3, -0.25) is 10.4 Å². The molecule has 104 valence electrons. The van der Waals surface area contributed by atoms with Gasteiger partial charge >= 0.3 is 0 Å². The van der Waals surface area contributed by atoms with E-state index in [0.29, 0.717) is 0 Å². The summed E-state index contributed by atoms with van der Waals surface area (Å²) in [7, 11) is 0. The highest BCUT2D eigenvalue weighted by Gasteiger charge is 2.22. The summed E-state index contributed by atoms with van der Waals surface area (Å²) in [6, 6.07) is 4.24. The predicted molar refractivity (Wildman–Crippen MR) is 83.8 cm³/mol. The first-order chi connectivity index (χ1) is 9.56. The van der Waals surface area contributed by atoms with E-state index in [0.717, 1.165) is 42.1 Å². The van der Waals surface area contributed by atoms with E-state index in [2.05, 4.69) is 21.3 Å². The maximum atomic E-state index is 7.83. The number of nitrogens with one attached hydrogen (secondary N) is 1. The van der Waals surface area contributed by atoms with Crippen molar-refractivity contribution in [3.05, 3.63) is 44.9 Å². The molecule has 4 nitrogen and oxygen atoms in total. The zero-order valence-electron chi connectivity index (χ0n) is 11.7. The molecule has 1 aliphatic heterocycles. The molecule has 3 heterocycles. The first-order valence-electron chi connectivity index (χ1n) is 6.69. The number of hydrogen-bond acceptors (Lipinski definition) is 4. The molecule has 0 unspecified atom stereocenters. The minimum Gasteiger partial charge on any atom is -0.384 e. The SMILES string of the molecule is Cc1cc(N2CCc3sccc3C2)c(C(=N)N)c(C)n1. The van der Waals surface area contributed by atoms with Crippen LogP contribution in [0.5, 0.6) is 0 Å². The molecule has 0 saturated carbocycles. The van der Waals surface area contributed by atoms with Gasteiger partial charge in [-0.15, -0.1) is 11.3 Å². The van der Waals surface area contributed by atoms with Gasteiger partial charge in [0.05, 0.1) is 16.9 Å². The number of fused-ring (bicyclic) bond motifs is 1. The lowest BCUT2D eigenvalue weighted by Gasteiger charge is -2.31. The number of aryl methyl sites for hydroxylation is 2. The average molecular weight is 286 g/mol. The lowest BCUT2D eigenvalue weighted by Crippen LogP contribution is -2.32. The highest BCUT2D eigenvalue weighted by Crippen LogP contribution is 2.31. The molecular formula is C15H18N4S. The van der Waals surface area contributed by atoms with Crippen LogP contribution >= 0.6 is 11.3 Å². The molecule has 20 heavy (non-hydrogen) atoms. The minimum atomic E-state index is 0.0983. The number of amidine groups is 1. The fraction of sp³-hybridized carbons (Fsp3) is 0.333. The quantitative estimate of drug-likeness (QED) is 0.659. The van der Waals surface area contributed by atoms with Crippen LogP contribution in [0, 0.1) is 19.3 Å². The number of nitrogens with two attached hydrogens (primary N) is 1. The third-order valence-electron chi connectivity index (χ3n) is 3.73. The normalized spacial score (nSPS) is 14.2. The van der Waals surface area contributed by atoms with Gasteiger partial charge in [0.1, 0.15) is 5.84 Å². The van der Waals surface area contributed by atoms with Crippen molar-refractivity contribution in [1.29, 1.82) is 5.41 Å². The van der Waals surface area contributed by atoms with Gasteiger partial charge < -0.3 is 10.6 Å². The highest BCUT2D eigenvalue weighted by atomic mass is 32.1. The van der Waals surface area contributed by atoms with Crippen LogP contribution in [0.1, 0.15) is 27.4 Å². The molecule has 0 atom stereocenters. The number of pyridine rings is 1. The predicted octanol–water partition coefficient (Wildman–Crippen LogP) is 2.61. The summed E-state index contributed by atoms with van der Waals surface area (Å²) < 4.78 is 0. The Labute approximate surface area is 122 Å². The highest BCUT2D eigenvalue weighted by molar-refractivity contribution is 7.10. The van der Waals surface area contributed by atoms with E-state index in [1.54, 1.807) is 0 Å². The summed E-state index contributed by atoms with van der Waals surface area (Å²) in [5, 5.41) is 9.99. The van der Waals surface area contributed by atoms with Gasteiger partial charge in [-0.25, -0.2) is 0 Å². The standard InChI is InChI=1S/C15H18N4S/c1-9-7-12(14(15(16)17)10(2)18-9)19-5-3-13-11(8-19)4-6-20-13/h4,6-7H,3,5,8H2,1-2H3,(H3,16,17). The number of aromatic nitrogens is 1. The Kier molecular flexibility index (Phi) is 3.22. The van der Waals surface area contributed by atoms with E-state index >= 15 is 0 Å². The maximum Gasteiger partial charge on any atom is 0.126 e. The van der Waals surface area contributed by atoms with Crippen molar-refractivity contribution in [3.8, 4) is 0 Å². The molecule has 0 bridgehead atoms. The van der Waals surface area contributed by atoms with Crippen molar-refractivity contribution in [3.63, 3.8) is 0 Å². The van der Waals surface area contributed by atoms with Crippen LogP contribution in [-0.4, -0.2) is 17.4 Å². The van der Waals surface area contributed by atoms with Crippen molar-refractivity contribution in [2.24, 2.45) is 5.73 Å². The summed E-state index contributed by atoms with van der Waals surface area (Å²) in [4.78, 5) is 8.23. The molecule has 0 radical (unpaired) electrons. The van der Waals surface area contributed by atoms with Crippen molar-refractivity contribution < 1.29 is 0 Å². The molecule has 0 amide bonds. The summed E-state index contributed by atoms with van der Waals surface area (Å²) in [6.07, 6.45) is 1.06. The lowest BCUT2D eigenvalue weighted by molar-refractivity contribution is 0.741. The molecule has 0 saturated heterocycles. The van der Waals surface area contributed by atoms with E-state index in [4.69, 9.17) is 11.1 Å². The van der Waals surface area contributed by atoms with E-state index in [1.807, 2.05) is 31.3 Å². The minimum absolute atomic E-state index is 0.0983. The fourth-order valence-electron chi connectivity index (χ4n) is 2.84. The second-order valence-electron chi connectivity index (χ2n) is 5.20. The van der Waals surface area contributed by atoms with Crippen LogP contribution < -0.4 is 10.6 Å². The van der Waals surface area contributed by atoms with Gasteiger partial charge in [0.2, 0.25) is 0 Å². The van der Waals surface area contributed by atoms with Crippen LogP contribution in [-0.2, 0) is 13.0 Å². The van der Waals surface area contributed by atoms with Crippen molar-refractivity contribution in [1.82, 2.24) is 4.98 Å². The summed E-state index contributed by atoms with van der Waals surface area (Å²) in [5.74, 6) is 0.0983. The number of hydrogen-bond donors (Lipinski definition) is 2. The summed E-state index contributed by atoms with van der Waals surface area (Å²) in [5.41, 5.74) is 10.8. The van der Waals surface area contributed by atoms with Gasteiger partial charge in [0.25, 0.3) is 0 Å². The van der Waals surface area contributed by atoms with E-state index in [-0.39, 0.29) is 5.84 Å². The molecule has 1 aliphatic rings. The topological polar surface area (TPSA) is 66.0 Å². The Morgan fingerprint density at radius 1 is 1.45 bits per heavy atom. The zero-order chi connectivity index (χ0) is 14.3. The second kappa shape index (κ2) is 4.90. The second-order valence-corrected chi connectivity index (χ2v) is 6.20. The molecule has 0 aromatic carbocycles. The van der Waals surface area contributed by atoms with E-state index in [9.17, 15) is 0 Å². The number of rotatable bonds is 2. The van der Waals surface area contributed by atoms with Gasteiger partial charge in [-0.1, -0.05) is 0 Å². The zero-order valence-corrected chi connectivity index (χ0v) is 12.5. The van der Waals surface area contributed by atoms with Crippen LogP contribution in [0.4, 0.5) is 5.69 Å². The molecule has 2 aromatic rings. The Bertz CT molecular complexity index is 675. The van der Waals surface area contributed by atoms with Gasteiger partial charge in [-0.05, 0) is 43.3 Å². The Balaban J connectivity index is 2.05. The molecule has 5 heteroatoms. The van der Waals surface area contributed by atoms with Crippen LogP contribution in [0.15, 0.2) is 17.5 Å². The Morgan fingerprint density at radius 2 is 2.25 bits per heavy atom. The molecule has 0 fully saturated rings. The van der Waals surface area contributed by atoms with Crippen molar-refractivity contribution >= 4 is 22.9 Å². The Hall–Kier alpha value is -1.88. The van der Waals surface area contributed by atoms with Gasteiger partial charge in [0.15, 0.2) is 0 Å². The fourth-order valence-corrected chi connectivity index (χ4v) is 3.73. The van der Waals surface area contributed by atoms with Gasteiger partial charge in [-0.2, -0.15) is 0 Å². The maximum absolute atomic E-state index is 7.83. The van der Waals surface area contributed by atoms with Crippen LogP contribution in [0.2, 0.25) is 0 Å². The number of nitrogen functional groups attached to an aromatic ring is 1. The average Bonchev–Trinajstić information content (AvgIpc) is 2.84. The Morgan fingerprint density at radius 3 is 3.00 bits per heavy atom. The smallest absolute Gasteiger partial charge is 0.126 e. The van der Waals surface area contributed by atoms with E-state index < -0.39 is 0 Å². The molecule has 0 spiro atoms. The number of anilines is 1. The monoisotopic (exact) mass is 286 g/mol.